The van der Waals surface area contributed by atoms with Gasteiger partial charge in [-0.3, -0.25) is 4.90 Å². The summed E-state index contributed by atoms with van der Waals surface area (Å²) >= 11 is 0. The second-order valence-corrected chi connectivity index (χ2v) is 4.12. The number of rotatable bonds is 3. The van der Waals surface area contributed by atoms with Crippen LogP contribution in [-0.2, 0) is 0 Å². The Kier molecular flexibility index (Phi) is 3.91. The zero-order valence-corrected chi connectivity index (χ0v) is 9.44. The third-order valence-electron chi connectivity index (χ3n) is 3.04. The summed E-state index contributed by atoms with van der Waals surface area (Å²) in [5.74, 6) is -0.0590. The molecular weight excluding hydrogens is 226 g/mol. The maximum absolute atomic E-state index is 13.2. The van der Waals surface area contributed by atoms with E-state index in [1.807, 2.05) is 0 Å². The first-order valence-electron chi connectivity index (χ1n) is 5.71. The molecule has 94 valence electrons. The van der Waals surface area contributed by atoms with Gasteiger partial charge in [0.15, 0.2) is 0 Å². The van der Waals surface area contributed by atoms with Crippen molar-refractivity contribution in [2.75, 3.05) is 26.2 Å². The zero-order valence-electron chi connectivity index (χ0n) is 9.44. The number of nitrogens with zero attached hydrogens (tertiary/aromatic N) is 1. The molecule has 0 amide bonds. The molecule has 1 saturated heterocycles. The number of phenols is 1. The van der Waals surface area contributed by atoms with Crippen molar-refractivity contribution >= 4 is 0 Å². The third kappa shape index (κ3) is 2.73. The number of piperazine rings is 1. The van der Waals surface area contributed by atoms with E-state index in [0.717, 1.165) is 0 Å². The fraction of sp³-hybridized carbons (Fsp3) is 0.500. The Hall–Kier alpha value is -1.20. The number of phenolic OH excluding ortho intramolecular Hbond substituents is 1. The van der Waals surface area contributed by atoms with Crippen LogP contribution in [0.15, 0.2) is 24.3 Å². The minimum absolute atomic E-state index is 0.0590. The van der Waals surface area contributed by atoms with E-state index in [0.29, 0.717) is 31.7 Å². The fourth-order valence-electron chi connectivity index (χ4n) is 2.19. The van der Waals surface area contributed by atoms with Gasteiger partial charge >= 0.3 is 0 Å². The number of hydrogen-bond donors (Lipinski definition) is 2. The summed E-state index contributed by atoms with van der Waals surface area (Å²) in [5, 5.41) is 12.8. The Morgan fingerprint density at radius 3 is 2.41 bits per heavy atom. The highest BCUT2D eigenvalue weighted by atomic mass is 19.3. The Morgan fingerprint density at radius 2 is 1.82 bits per heavy atom. The molecule has 0 radical (unpaired) electrons. The van der Waals surface area contributed by atoms with Crippen LogP contribution in [0.5, 0.6) is 5.75 Å². The summed E-state index contributed by atoms with van der Waals surface area (Å²) in [7, 11) is 0. The Balaban J connectivity index is 2.25. The number of aromatic hydroxyl groups is 1. The highest BCUT2D eigenvalue weighted by molar-refractivity contribution is 5.35. The zero-order chi connectivity index (χ0) is 12.3. The lowest BCUT2D eigenvalue weighted by atomic mass is 10.0. The predicted molar refractivity (Wildman–Crippen MR) is 61.3 cm³/mol. The SMILES string of the molecule is Oc1ccccc1[C@@H](C(F)F)N1CCNCC1. The van der Waals surface area contributed by atoms with Crippen molar-refractivity contribution in [2.24, 2.45) is 0 Å². The second-order valence-electron chi connectivity index (χ2n) is 4.12. The van der Waals surface area contributed by atoms with Crippen molar-refractivity contribution in [1.29, 1.82) is 0 Å². The van der Waals surface area contributed by atoms with Crippen LogP contribution in [0.1, 0.15) is 11.6 Å². The Bertz CT molecular complexity index is 367. The quantitative estimate of drug-likeness (QED) is 0.845. The smallest absolute Gasteiger partial charge is 0.258 e. The highest BCUT2D eigenvalue weighted by Gasteiger charge is 2.31. The first kappa shape index (κ1) is 12.3. The average Bonchev–Trinajstić information content (AvgIpc) is 2.33. The molecule has 0 saturated carbocycles. The third-order valence-corrected chi connectivity index (χ3v) is 3.04. The van der Waals surface area contributed by atoms with Gasteiger partial charge in [0.25, 0.3) is 6.43 Å². The van der Waals surface area contributed by atoms with Gasteiger partial charge < -0.3 is 10.4 Å². The number of benzene rings is 1. The molecular formula is C12H16F2N2O. The lowest BCUT2D eigenvalue weighted by Crippen LogP contribution is -2.46. The maximum Gasteiger partial charge on any atom is 0.258 e. The Labute approximate surface area is 99.1 Å². The van der Waals surface area contributed by atoms with Gasteiger partial charge in [0.05, 0.1) is 6.04 Å². The molecule has 1 aromatic carbocycles. The fourth-order valence-corrected chi connectivity index (χ4v) is 2.19. The molecule has 0 aromatic heterocycles. The van der Waals surface area contributed by atoms with E-state index in [-0.39, 0.29) is 5.75 Å². The van der Waals surface area contributed by atoms with E-state index in [2.05, 4.69) is 5.32 Å². The number of alkyl halides is 2. The minimum atomic E-state index is -2.50. The maximum atomic E-state index is 13.2. The van der Waals surface area contributed by atoms with Crippen LogP contribution in [0.2, 0.25) is 0 Å². The molecule has 1 atom stereocenters. The first-order valence-corrected chi connectivity index (χ1v) is 5.71. The summed E-state index contributed by atoms with van der Waals surface area (Å²) in [5.41, 5.74) is 0.310. The second kappa shape index (κ2) is 5.42. The van der Waals surface area contributed by atoms with Gasteiger partial charge in [0.1, 0.15) is 5.75 Å². The highest BCUT2D eigenvalue weighted by Crippen LogP contribution is 2.33. The number of para-hydroxylation sites is 1. The predicted octanol–water partition coefficient (Wildman–Crippen LogP) is 1.60. The number of nitrogens with one attached hydrogen (secondary N) is 1. The van der Waals surface area contributed by atoms with Gasteiger partial charge in [-0.1, -0.05) is 18.2 Å². The summed E-state index contributed by atoms with van der Waals surface area (Å²) in [6.07, 6.45) is -2.50. The van der Waals surface area contributed by atoms with E-state index in [4.69, 9.17) is 0 Å². The van der Waals surface area contributed by atoms with E-state index >= 15 is 0 Å². The van der Waals surface area contributed by atoms with Crippen LogP contribution >= 0.6 is 0 Å². The summed E-state index contributed by atoms with van der Waals surface area (Å²) in [4.78, 5) is 1.72. The summed E-state index contributed by atoms with van der Waals surface area (Å²) < 4.78 is 26.4. The van der Waals surface area contributed by atoms with Gasteiger partial charge in [0, 0.05) is 31.7 Å². The van der Waals surface area contributed by atoms with Crippen LogP contribution in [0.25, 0.3) is 0 Å². The monoisotopic (exact) mass is 242 g/mol. The van der Waals surface area contributed by atoms with Crippen LogP contribution in [0.3, 0.4) is 0 Å². The van der Waals surface area contributed by atoms with Crippen LogP contribution < -0.4 is 5.32 Å². The first-order chi connectivity index (χ1) is 8.20. The topological polar surface area (TPSA) is 35.5 Å². The molecule has 0 spiro atoms. The van der Waals surface area contributed by atoms with E-state index < -0.39 is 12.5 Å². The molecule has 17 heavy (non-hydrogen) atoms. The van der Waals surface area contributed by atoms with Crippen molar-refractivity contribution in [3.63, 3.8) is 0 Å². The van der Waals surface area contributed by atoms with Crippen LogP contribution in [-0.4, -0.2) is 42.6 Å². The number of hydrogen-bond acceptors (Lipinski definition) is 3. The summed E-state index contributed by atoms with van der Waals surface area (Å²) in [6, 6.07) is 5.31. The lowest BCUT2D eigenvalue weighted by Gasteiger charge is -2.34. The molecule has 5 heteroatoms. The van der Waals surface area contributed by atoms with Gasteiger partial charge in [-0.25, -0.2) is 8.78 Å². The summed E-state index contributed by atoms with van der Waals surface area (Å²) in [6.45, 7) is 2.56. The number of halogens is 2. The van der Waals surface area contributed by atoms with Crippen LogP contribution in [0.4, 0.5) is 8.78 Å². The normalized spacial score (nSPS) is 19.5. The van der Waals surface area contributed by atoms with E-state index in [1.54, 1.807) is 23.1 Å². The van der Waals surface area contributed by atoms with Crippen molar-refractivity contribution in [3.05, 3.63) is 29.8 Å². The molecule has 3 nitrogen and oxygen atoms in total. The van der Waals surface area contributed by atoms with Crippen molar-refractivity contribution in [3.8, 4) is 5.75 Å². The molecule has 1 aromatic rings. The molecule has 1 aliphatic rings. The molecule has 0 unspecified atom stereocenters. The molecule has 0 aliphatic carbocycles. The van der Waals surface area contributed by atoms with Gasteiger partial charge in [-0.05, 0) is 6.07 Å². The minimum Gasteiger partial charge on any atom is -0.508 e. The molecule has 2 N–H and O–H groups in total. The molecule has 2 rings (SSSR count). The van der Waals surface area contributed by atoms with Crippen LogP contribution in [0, 0.1) is 0 Å². The van der Waals surface area contributed by atoms with E-state index in [9.17, 15) is 13.9 Å². The van der Waals surface area contributed by atoms with Crippen molar-refractivity contribution in [2.45, 2.75) is 12.5 Å². The Morgan fingerprint density at radius 1 is 1.18 bits per heavy atom. The van der Waals surface area contributed by atoms with Gasteiger partial charge in [-0.2, -0.15) is 0 Å². The van der Waals surface area contributed by atoms with Gasteiger partial charge in [-0.15, -0.1) is 0 Å². The molecule has 0 bridgehead atoms. The van der Waals surface area contributed by atoms with Gasteiger partial charge in [0.2, 0.25) is 0 Å². The van der Waals surface area contributed by atoms with E-state index in [1.165, 1.54) is 6.07 Å². The standard InChI is InChI=1S/C12H16F2N2O/c13-12(14)11(16-7-5-15-6-8-16)9-3-1-2-4-10(9)17/h1-4,11-12,15,17H,5-8H2/t11-/m0/s1. The van der Waals surface area contributed by atoms with Crippen molar-refractivity contribution < 1.29 is 13.9 Å². The molecule has 1 fully saturated rings. The van der Waals surface area contributed by atoms with Crippen molar-refractivity contribution in [1.82, 2.24) is 10.2 Å². The molecule has 1 aliphatic heterocycles. The average molecular weight is 242 g/mol. The largest absolute Gasteiger partial charge is 0.508 e. The molecule has 1 heterocycles. The lowest BCUT2D eigenvalue weighted by molar-refractivity contribution is 0.0170.